The summed E-state index contributed by atoms with van der Waals surface area (Å²) in [6, 6.07) is 16.9. The molecule has 25 heavy (non-hydrogen) atoms. The molecule has 0 aliphatic heterocycles. The molecule has 0 fully saturated rings. The lowest BCUT2D eigenvalue weighted by Crippen LogP contribution is -2.25. The number of hydrogen-bond acceptors (Lipinski definition) is 4. The minimum Gasteiger partial charge on any atom is -0.490 e. The number of amides is 1. The molecule has 3 rings (SSSR count). The smallest absolute Gasteiger partial charge is 0.255 e. The Morgan fingerprint density at radius 3 is 2.60 bits per heavy atom. The van der Waals surface area contributed by atoms with E-state index < -0.39 is 0 Å². The van der Waals surface area contributed by atoms with Crippen LogP contribution in [0.1, 0.15) is 30.0 Å². The number of hydrogen-bond donors (Lipinski definition) is 1. The molecular weight excluding hydrogens is 316 g/mol. The topological polar surface area (TPSA) is 69.0 Å². The first-order valence-electron chi connectivity index (χ1n) is 8.13. The van der Waals surface area contributed by atoms with E-state index in [4.69, 9.17) is 4.74 Å². The van der Waals surface area contributed by atoms with Crippen molar-refractivity contribution in [3.8, 4) is 11.4 Å². The average Bonchev–Trinajstić information content (AvgIpc) is 3.09. The molecule has 0 bridgehead atoms. The van der Waals surface area contributed by atoms with Gasteiger partial charge in [0.15, 0.2) is 5.82 Å². The Hall–Kier alpha value is -3.15. The van der Waals surface area contributed by atoms with Crippen molar-refractivity contribution in [3.63, 3.8) is 0 Å². The van der Waals surface area contributed by atoms with Gasteiger partial charge in [-0.25, -0.2) is 0 Å². The van der Waals surface area contributed by atoms with Gasteiger partial charge in [-0.15, -0.1) is 10.2 Å². The summed E-state index contributed by atoms with van der Waals surface area (Å²) in [4.78, 5) is 12.5. The molecule has 0 spiro atoms. The standard InChI is InChI=1S/C19H20N4O2/c1-14(2)25-17-11-7-6-10-16(17)19(24)20-12-18-22-21-13-23(18)15-8-4-3-5-9-15/h3-11,13-14H,12H2,1-2H3,(H,20,24). The maximum atomic E-state index is 12.5. The molecule has 2 aromatic carbocycles. The predicted octanol–water partition coefficient (Wildman–Crippen LogP) is 2.98. The molecule has 0 aliphatic rings. The fraction of sp³-hybridized carbons (Fsp3) is 0.211. The zero-order valence-electron chi connectivity index (χ0n) is 14.2. The fourth-order valence-electron chi connectivity index (χ4n) is 2.45. The highest BCUT2D eigenvalue weighted by Crippen LogP contribution is 2.19. The van der Waals surface area contributed by atoms with E-state index >= 15 is 0 Å². The molecule has 1 amide bonds. The molecule has 0 radical (unpaired) electrons. The van der Waals surface area contributed by atoms with Crippen LogP contribution in [0.3, 0.4) is 0 Å². The third kappa shape index (κ3) is 4.03. The van der Waals surface area contributed by atoms with Crippen molar-refractivity contribution in [1.29, 1.82) is 0 Å². The van der Waals surface area contributed by atoms with Gasteiger partial charge in [0.1, 0.15) is 12.1 Å². The van der Waals surface area contributed by atoms with Crippen molar-refractivity contribution in [2.75, 3.05) is 0 Å². The third-order valence-electron chi connectivity index (χ3n) is 3.55. The summed E-state index contributed by atoms with van der Waals surface area (Å²) in [5.74, 6) is 1.01. The number of nitrogens with zero attached hydrogens (tertiary/aromatic N) is 3. The lowest BCUT2D eigenvalue weighted by molar-refractivity contribution is 0.0944. The van der Waals surface area contributed by atoms with E-state index in [9.17, 15) is 4.79 Å². The van der Waals surface area contributed by atoms with Gasteiger partial charge < -0.3 is 10.1 Å². The summed E-state index contributed by atoms with van der Waals surface area (Å²) < 4.78 is 7.55. The summed E-state index contributed by atoms with van der Waals surface area (Å²) in [6.45, 7) is 4.12. The van der Waals surface area contributed by atoms with Crippen LogP contribution in [0.5, 0.6) is 5.75 Å². The number of para-hydroxylation sites is 2. The average molecular weight is 336 g/mol. The second-order valence-electron chi connectivity index (χ2n) is 5.80. The summed E-state index contributed by atoms with van der Waals surface area (Å²) in [7, 11) is 0. The number of benzene rings is 2. The van der Waals surface area contributed by atoms with Gasteiger partial charge in [0.2, 0.25) is 0 Å². The Morgan fingerprint density at radius 2 is 1.84 bits per heavy atom. The Kier molecular flexibility index (Phi) is 5.09. The molecule has 6 nitrogen and oxygen atoms in total. The maximum Gasteiger partial charge on any atom is 0.255 e. The van der Waals surface area contributed by atoms with Crippen LogP contribution in [0.2, 0.25) is 0 Å². The van der Waals surface area contributed by atoms with E-state index in [-0.39, 0.29) is 18.6 Å². The van der Waals surface area contributed by atoms with Gasteiger partial charge in [-0.2, -0.15) is 0 Å². The zero-order chi connectivity index (χ0) is 17.6. The normalized spacial score (nSPS) is 10.7. The monoisotopic (exact) mass is 336 g/mol. The third-order valence-corrected chi connectivity index (χ3v) is 3.55. The van der Waals surface area contributed by atoms with Gasteiger partial charge in [-0.05, 0) is 38.1 Å². The van der Waals surface area contributed by atoms with Crippen molar-refractivity contribution < 1.29 is 9.53 Å². The second kappa shape index (κ2) is 7.61. The molecule has 0 saturated carbocycles. The van der Waals surface area contributed by atoms with E-state index in [1.165, 1.54) is 0 Å². The summed E-state index contributed by atoms with van der Waals surface area (Å²) in [5.41, 5.74) is 1.45. The van der Waals surface area contributed by atoms with Crippen LogP contribution in [-0.2, 0) is 6.54 Å². The lowest BCUT2D eigenvalue weighted by atomic mass is 10.2. The molecule has 0 aliphatic carbocycles. The van der Waals surface area contributed by atoms with Crippen LogP contribution < -0.4 is 10.1 Å². The molecule has 1 aromatic heterocycles. The van der Waals surface area contributed by atoms with Gasteiger partial charge in [-0.3, -0.25) is 9.36 Å². The zero-order valence-corrected chi connectivity index (χ0v) is 14.2. The highest BCUT2D eigenvalue weighted by atomic mass is 16.5. The first kappa shape index (κ1) is 16.7. The molecule has 0 unspecified atom stereocenters. The van der Waals surface area contributed by atoms with E-state index in [1.54, 1.807) is 18.5 Å². The van der Waals surface area contributed by atoms with Crippen LogP contribution in [0.25, 0.3) is 5.69 Å². The van der Waals surface area contributed by atoms with Crippen molar-refractivity contribution >= 4 is 5.91 Å². The summed E-state index contributed by atoms with van der Waals surface area (Å²) in [5, 5.41) is 10.9. The first-order valence-corrected chi connectivity index (χ1v) is 8.13. The fourth-order valence-corrected chi connectivity index (χ4v) is 2.45. The van der Waals surface area contributed by atoms with Crippen LogP contribution in [0, 0.1) is 0 Å². The minimum atomic E-state index is -0.209. The molecular formula is C19H20N4O2. The number of aromatic nitrogens is 3. The maximum absolute atomic E-state index is 12.5. The minimum absolute atomic E-state index is 0.00451. The van der Waals surface area contributed by atoms with Crippen molar-refractivity contribution in [3.05, 3.63) is 72.3 Å². The summed E-state index contributed by atoms with van der Waals surface area (Å²) in [6.07, 6.45) is 1.63. The largest absolute Gasteiger partial charge is 0.490 e. The Balaban J connectivity index is 1.73. The molecule has 3 aromatic rings. The summed E-state index contributed by atoms with van der Waals surface area (Å²) >= 11 is 0. The number of nitrogens with one attached hydrogen (secondary N) is 1. The van der Waals surface area contributed by atoms with E-state index in [0.29, 0.717) is 17.1 Å². The SMILES string of the molecule is CC(C)Oc1ccccc1C(=O)NCc1nncn1-c1ccccc1. The quantitative estimate of drug-likeness (QED) is 0.751. The van der Waals surface area contributed by atoms with Crippen molar-refractivity contribution in [2.24, 2.45) is 0 Å². The van der Waals surface area contributed by atoms with E-state index in [1.807, 2.05) is 60.9 Å². The van der Waals surface area contributed by atoms with Crippen molar-refractivity contribution in [2.45, 2.75) is 26.5 Å². The second-order valence-corrected chi connectivity index (χ2v) is 5.80. The van der Waals surface area contributed by atoms with Gasteiger partial charge in [0, 0.05) is 5.69 Å². The molecule has 0 atom stereocenters. The molecule has 0 saturated heterocycles. The number of ether oxygens (including phenoxy) is 1. The Labute approximate surface area is 146 Å². The van der Waals surface area contributed by atoms with Gasteiger partial charge in [0.05, 0.1) is 18.2 Å². The van der Waals surface area contributed by atoms with Crippen LogP contribution in [0.15, 0.2) is 60.9 Å². The van der Waals surface area contributed by atoms with Gasteiger partial charge in [-0.1, -0.05) is 30.3 Å². The highest BCUT2D eigenvalue weighted by Gasteiger charge is 2.14. The Morgan fingerprint density at radius 1 is 1.12 bits per heavy atom. The molecule has 1 heterocycles. The first-order chi connectivity index (χ1) is 12.1. The Bertz CT molecular complexity index is 843. The molecule has 128 valence electrons. The van der Waals surface area contributed by atoms with Gasteiger partial charge in [0.25, 0.3) is 5.91 Å². The van der Waals surface area contributed by atoms with Crippen LogP contribution in [-0.4, -0.2) is 26.8 Å². The molecule has 1 N–H and O–H groups in total. The lowest BCUT2D eigenvalue weighted by Gasteiger charge is -2.14. The number of rotatable bonds is 6. The van der Waals surface area contributed by atoms with Gasteiger partial charge >= 0.3 is 0 Å². The number of carbonyl (C=O) groups excluding carboxylic acids is 1. The highest BCUT2D eigenvalue weighted by molar-refractivity contribution is 5.96. The van der Waals surface area contributed by atoms with E-state index in [0.717, 1.165) is 5.69 Å². The van der Waals surface area contributed by atoms with Crippen molar-refractivity contribution in [1.82, 2.24) is 20.1 Å². The van der Waals surface area contributed by atoms with E-state index in [2.05, 4.69) is 15.5 Å². The predicted molar refractivity (Wildman–Crippen MR) is 94.7 cm³/mol. The molecule has 6 heteroatoms. The van der Waals surface area contributed by atoms with Crippen LogP contribution >= 0.6 is 0 Å². The van der Waals surface area contributed by atoms with Crippen LogP contribution in [0.4, 0.5) is 0 Å². The number of carbonyl (C=O) groups is 1.